The molecular weight excluding hydrogens is 431 g/mol. The van der Waals surface area contributed by atoms with Crippen molar-refractivity contribution >= 4 is 27.4 Å². The maximum atomic E-state index is 14.4. The van der Waals surface area contributed by atoms with Gasteiger partial charge in [0.05, 0.1) is 18.9 Å². The second-order valence-electron chi connectivity index (χ2n) is 6.92. The van der Waals surface area contributed by atoms with Crippen molar-refractivity contribution in [1.82, 2.24) is 4.31 Å². The fraction of sp³-hybridized carbons (Fsp3) is 0.300. The van der Waals surface area contributed by atoms with Crippen molar-refractivity contribution in [2.24, 2.45) is 0 Å². The van der Waals surface area contributed by atoms with E-state index in [9.17, 15) is 22.4 Å². The summed E-state index contributed by atoms with van der Waals surface area (Å²) >= 11 is 0. The van der Waals surface area contributed by atoms with Gasteiger partial charge in [0.25, 0.3) is 5.91 Å². The molecule has 2 aliphatic rings. The lowest BCUT2D eigenvalue weighted by Crippen LogP contribution is -2.41. The molecule has 0 aliphatic carbocycles. The first-order valence-electron chi connectivity index (χ1n) is 9.41. The summed E-state index contributed by atoms with van der Waals surface area (Å²) < 4.78 is 56.8. The Balaban J connectivity index is 1.65. The number of halogens is 1. The maximum Gasteiger partial charge on any atom is 0.255 e. The number of hydrogen-bond acceptors (Lipinski definition) is 7. The minimum atomic E-state index is -4.14. The number of benzene rings is 2. The Hall–Kier alpha value is -3.02. The third-order valence-corrected chi connectivity index (χ3v) is 6.84. The van der Waals surface area contributed by atoms with E-state index >= 15 is 0 Å². The lowest BCUT2D eigenvalue weighted by molar-refractivity contribution is 0.0729. The number of anilines is 1. The molecule has 0 atom stereocenters. The smallest absolute Gasteiger partial charge is 0.255 e. The van der Waals surface area contributed by atoms with Gasteiger partial charge in [-0.1, -0.05) is 0 Å². The van der Waals surface area contributed by atoms with E-state index in [0.717, 1.165) is 16.4 Å². The van der Waals surface area contributed by atoms with Crippen LogP contribution in [0.5, 0.6) is 11.5 Å². The van der Waals surface area contributed by atoms with Crippen LogP contribution in [0.15, 0.2) is 35.2 Å². The Morgan fingerprint density at radius 1 is 1.06 bits per heavy atom. The maximum absolute atomic E-state index is 14.4. The van der Waals surface area contributed by atoms with Gasteiger partial charge < -0.3 is 19.5 Å². The Labute approximate surface area is 177 Å². The van der Waals surface area contributed by atoms with E-state index in [1.807, 2.05) is 0 Å². The summed E-state index contributed by atoms with van der Waals surface area (Å²) in [7, 11) is -4.14. The molecule has 31 heavy (non-hydrogen) atoms. The number of nitrogens with one attached hydrogen (secondary N) is 1. The van der Waals surface area contributed by atoms with Crippen LogP contribution < -0.4 is 14.8 Å². The average molecular weight is 450 g/mol. The highest BCUT2D eigenvalue weighted by atomic mass is 32.2. The van der Waals surface area contributed by atoms with Crippen molar-refractivity contribution in [2.45, 2.75) is 11.8 Å². The van der Waals surface area contributed by atoms with Crippen molar-refractivity contribution in [3.63, 3.8) is 0 Å². The highest BCUT2D eigenvalue weighted by molar-refractivity contribution is 7.89. The second kappa shape index (κ2) is 8.25. The molecule has 9 nitrogen and oxygen atoms in total. The highest BCUT2D eigenvalue weighted by Crippen LogP contribution is 2.37. The number of fused-ring (bicyclic) bond motifs is 1. The Kier molecular flexibility index (Phi) is 5.65. The first-order chi connectivity index (χ1) is 14.8. The molecule has 0 radical (unpaired) electrons. The molecule has 1 N–H and O–H groups in total. The van der Waals surface area contributed by atoms with Crippen molar-refractivity contribution in [2.75, 3.05) is 38.4 Å². The number of ether oxygens (including phenoxy) is 3. The first-order valence-corrected chi connectivity index (χ1v) is 10.8. The van der Waals surface area contributed by atoms with Crippen LogP contribution in [0.2, 0.25) is 0 Å². The number of sulfonamides is 1. The molecule has 11 heteroatoms. The van der Waals surface area contributed by atoms with Gasteiger partial charge in [-0.3, -0.25) is 9.59 Å². The molecule has 0 aromatic heterocycles. The third kappa shape index (κ3) is 4.11. The molecule has 1 fully saturated rings. The second-order valence-corrected chi connectivity index (χ2v) is 8.83. The molecule has 2 aliphatic heterocycles. The fourth-order valence-electron chi connectivity index (χ4n) is 3.30. The number of carbonyl (C=O) groups excluding carboxylic acids is 2. The predicted octanol–water partition coefficient (Wildman–Crippen LogP) is 2.03. The molecule has 1 saturated heterocycles. The van der Waals surface area contributed by atoms with Gasteiger partial charge in [0.15, 0.2) is 17.3 Å². The zero-order valence-corrected chi connectivity index (χ0v) is 17.3. The van der Waals surface area contributed by atoms with Crippen molar-refractivity contribution in [3.8, 4) is 11.5 Å². The van der Waals surface area contributed by atoms with Crippen LogP contribution in [0.25, 0.3) is 0 Å². The van der Waals surface area contributed by atoms with Crippen LogP contribution in [0.4, 0.5) is 10.1 Å². The first kappa shape index (κ1) is 21.2. The van der Waals surface area contributed by atoms with Gasteiger partial charge in [-0.2, -0.15) is 4.31 Å². The van der Waals surface area contributed by atoms with Gasteiger partial charge in [-0.05, 0) is 31.2 Å². The van der Waals surface area contributed by atoms with E-state index in [4.69, 9.17) is 14.2 Å². The van der Waals surface area contributed by atoms with E-state index in [2.05, 4.69) is 5.32 Å². The van der Waals surface area contributed by atoms with Crippen LogP contribution in [-0.4, -0.2) is 57.5 Å². The van der Waals surface area contributed by atoms with Crippen LogP contribution >= 0.6 is 0 Å². The summed E-state index contributed by atoms with van der Waals surface area (Å²) in [5.74, 6) is -1.25. The molecule has 2 aromatic rings. The molecule has 0 saturated carbocycles. The minimum absolute atomic E-state index is 0.00913. The molecule has 0 spiro atoms. The monoisotopic (exact) mass is 450 g/mol. The number of Topliss-reactive ketones (excluding diaryl/α,β-unsaturated/α-hetero) is 1. The zero-order valence-electron chi connectivity index (χ0n) is 16.5. The van der Waals surface area contributed by atoms with Crippen LogP contribution in [0.3, 0.4) is 0 Å². The van der Waals surface area contributed by atoms with E-state index < -0.39 is 26.6 Å². The van der Waals surface area contributed by atoms with Crippen molar-refractivity contribution in [1.29, 1.82) is 0 Å². The Morgan fingerprint density at radius 2 is 1.74 bits per heavy atom. The number of morpholine rings is 1. The molecular formula is C20H19FN2O7S. The predicted molar refractivity (Wildman–Crippen MR) is 107 cm³/mol. The Bertz CT molecular complexity index is 1160. The van der Waals surface area contributed by atoms with E-state index in [0.29, 0.717) is 11.5 Å². The molecule has 2 aromatic carbocycles. The SMILES string of the molecule is CC(=O)c1cc2c(cc1NC(=O)c1ccc(F)c(S(=O)(=O)N3CCOCC3)c1)OCO2. The third-order valence-electron chi connectivity index (χ3n) is 4.92. The standard InChI is InChI=1S/C20H19FN2O7S/c1-12(24)14-9-17-18(30-11-29-17)10-16(14)22-20(25)13-2-3-15(21)19(8-13)31(26,27)23-4-6-28-7-5-23/h2-3,8-10H,4-7,11H2,1H3,(H,22,25). The number of ketones is 1. The van der Waals surface area contributed by atoms with Crippen molar-refractivity contribution in [3.05, 3.63) is 47.3 Å². The van der Waals surface area contributed by atoms with Gasteiger partial charge in [-0.15, -0.1) is 0 Å². The number of carbonyl (C=O) groups is 2. The molecule has 1 amide bonds. The molecule has 4 rings (SSSR count). The summed E-state index contributed by atoms with van der Waals surface area (Å²) in [4.78, 5) is 24.2. The van der Waals surface area contributed by atoms with E-state index in [-0.39, 0.29) is 55.7 Å². The number of nitrogens with zero attached hydrogens (tertiary/aromatic N) is 1. The van der Waals surface area contributed by atoms with E-state index in [1.165, 1.54) is 25.1 Å². The average Bonchev–Trinajstić information content (AvgIpc) is 3.21. The molecule has 0 unspecified atom stereocenters. The van der Waals surface area contributed by atoms with Gasteiger partial charge in [-0.25, -0.2) is 12.8 Å². The van der Waals surface area contributed by atoms with Gasteiger partial charge >= 0.3 is 0 Å². The Morgan fingerprint density at radius 3 is 2.42 bits per heavy atom. The summed E-state index contributed by atoms with van der Waals surface area (Å²) in [6.45, 7) is 1.93. The minimum Gasteiger partial charge on any atom is -0.454 e. The fourth-order valence-corrected chi connectivity index (χ4v) is 4.80. The summed E-state index contributed by atoms with van der Waals surface area (Å²) in [6, 6.07) is 5.98. The van der Waals surface area contributed by atoms with Crippen molar-refractivity contribution < 1.29 is 36.6 Å². The summed E-state index contributed by atoms with van der Waals surface area (Å²) in [6.07, 6.45) is 0. The molecule has 164 valence electrons. The van der Waals surface area contributed by atoms with Crippen LogP contribution in [0.1, 0.15) is 27.6 Å². The number of hydrogen-bond donors (Lipinski definition) is 1. The summed E-state index contributed by atoms with van der Waals surface area (Å²) in [5, 5.41) is 2.57. The normalized spacial score (nSPS) is 16.2. The van der Waals surface area contributed by atoms with Crippen LogP contribution in [0, 0.1) is 5.82 Å². The van der Waals surface area contributed by atoms with Gasteiger partial charge in [0.1, 0.15) is 10.7 Å². The van der Waals surface area contributed by atoms with Gasteiger partial charge in [0.2, 0.25) is 16.8 Å². The van der Waals surface area contributed by atoms with Gasteiger partial charge in [0, 0.05) is 30.3 Å². The van der Waals surface area contributed by atoms with Crippen LogP contribution in [-0.2, 0) is 14.8 Å². The quantitative estimate of drug-likeness (QED) is 0.694. The summed E-state index contributed by atoms with van der Waals surface area (Å²) in [5.41, 5.74) is 0.282. The molecule has 0 bridgehead atoms. The van der Waals surface area contributed by atoms with E-state index in [1.54, 1.807) is 0 Å². The lowest BCUT2D eigenvalue weighted by atomic mass is 10.1. The highest BCUT2D eigenvalue weighted by Gasteiger charge is 2.30. The topological polar surface area (TPSA) is 111 Å². The number of amides is 1. The lowest BCUT2D eigenvalue weighted by Gasteiger charge is -2.26. The zero-order chi connectivity index (χ0) is 22.2. The number of rotatable bonds is 5. The largest absolute Gasteiger partial charge is 0.454 e. The molecule has 2 heterocycles.